The molecule has 6 rings (SSSR count). The van der Waals surface area contributed by atoms with Crippen LogP contribution in [0.15, 0.2) is 103 Å². The minimum Gasteiger partial charge on any atom is -0.305 e. The van der Waals surface area contributed by atoms with Crippen molar-refractivity contribution in [1.82, 2.24) is 9.78 Å². The van der Waals surface area contributed by atoms with Crippen LogP contribution in [0.1, 0.15) is 36.6 Å². The second kappa shape index (κ2) is 8.63. The fourth-order valence-electron chi connectivity index (χ4n) is 4.52. The Morgan fingerprint density at radius 2 is 1.47 bits per heavy atom. The molecule has 0 aliphatic carbocycles. The third-order valence-corrected chi connectivity index (χ3v) is 6.26. The highest BCUT2D eigenvalue weighted by atomic mass is 16.2. The summed E-state index contributed by atoms with van der Waals surface area (Å²) in [4.78, 5) is 39.7. The molecular formula is C29H20N4O3. The molecule has 1 aromatic heterocycles. The van der Waals surface area contributed by atoms with Crippen LogP contribution >= 0.6 is 0 Å². The van der Waals surface area contributed by atoms with E-state index in [1.54, 1.807) is 53.2 Å². The van der Waals surface area contributed by atoms with E-state index in [0.717, 1.165) is 21.2 Å². The maximum Gasteiger partial charge on any atom is 0.266 e. The topological polar surface area (TPSA) is 84.3 Å². The van der Waals surface area contributed by atoms with Crippen LogP contribution in [0.3, 0.4) is 0 Å². The molecule has 5 aromatic rings. The van der Waals surface area contributed by atoms with Gasteiger partial charge in [-0.25, -0.2) is 4.90 Å². The molecule has 0 saturated heterocycles. The number of amides is 3. The molecule has 0 bridgehead atoms. The summed E-state index contributed by atoms with van der Waals surface area (Å²) in [6, 6.07) is 29.2. The van der Waals surface area contributed by atoms with Gasteiger partial charge in [-0.2, -0.15) is 5.10 Å². The second-order valence-electron chi connectivity index (χ2n) is 8.53. The number of carbonyl (C=O) groups excluding carboxylic acids is 3. The molecule has 0 radical (unpaired) electrons. The Hall–Kier alpha value is -5.04. The van der Waals surface area contributed by atoms with Gasteiger partial charge < -0.3 is 5.32 Å². The molecule has 2 heterocycles. The molecular weight excluding hydrogens is 452 g/mol. The van der Waals surface area contributed by atoms with E-state index < -0.39 is 11.8 Å². The molecule has 0 saturated carbocycles. The minimum atomic E-state index is -0.402. The first-order valence-corrected chi connectivity index (χ1v) is 11.5. The van der Waals surface area contributed by atoms with E-state index >= 15 is 0 Å². The van der Waals surface area contributed by atoms with E-state index in [-0.39, 0.29) is 5.91 Å². The third kappa shape index (κ3) is 3.73. The van der Waals surface area contributed by atoms with Crippen LogP contribution in [-0.4, -0.2) is 27.5 Å². The number of aromatic nitrogens is 2. The lowest BCUT2D eigenvalue weighted by molar-refractivity contribution is 0.0924. The molecule has 0 fully saturated rings. The first-order valence-electron chi connectivity index (χ1n) is 11.5. The van der Waals surface area contributed by atoms with Gasteiger partial charge in [0.25, 0.3) is 17.7 Å². The summed E-state index contributed by atoms with van der Waals surface area (Å²) in [5.74, 6) is -0.782. The largest absolute Gasteiger partial charge is 0.305 e. The highest BCUT2D eigenvalue weighted by molar-refractivity contribution is 6.34. The zero-order valence-corrected chi connectivity index (χ0v) is 19.1. The van der Waals surface area contributed by atoms with Gasteiger partial charge in [-0.05, 0) is 46.7 Å². The number of hydrogen-bond donors (Lipinski definition) is 1. The quantitative estimate of drug-likeness (QED) is 0.359. The maximum absolute atomic E-state index is 13.0. The Morgan fingerprint density at radius 3 is 2.28 bits per heavy atom. The number of nitrogens with one attached hydrogen (secondary N) is 1. The number of nitrogens with zero attached hydrogens (tertiary/aromatic N) is 3. The molecule has 1 aliphatic rings. The zero-order chi connectivity index (χ0) is 24.6. The van der Waals surface area contributed by atoms with Crippen LogP contribution in [0.4, 0.5) is 11.5 Å². The summed E-state index contributed by atoms with van der Waals surface area (Å²) in [6.07, 6.45) is 1.81. The molecule has 0 unspecified atom stereocenters. The number of rotatable bonds is 5. The highest BCUT2D eigenvalue weighted by Gasteiger charge is 2.36. The lowest BCUT2D eigenvalue weighted by Gasteiger charge is -2.14. The average molecular weight is 473 g/mol. The third-order valence-electron chi connectivity index (χ3n) is 6.26. The van der Waals surface area contributed by atoms with E-state index in [0.29, 0.717) is 34.7 Å². The van der Waals surface area contributed by atoms with Crippen molar-refractivity contribution >= 4 is 40.0 Å². The zero-order valence-electron chi connectivity index (χ0n) is 19.1. The summed E-state index contributed by atoms with van der Waals surface area (Å²) >= 11 is 0. The summed E-state index contributed by atoms with van der Waals surface area (Å²) < 4.78 is 1.77. The van der Waals surface area contributed by atoms with Gasteiger partial charge in [-0.3, -0.25) is 19.1 Å². The van der Waals surface area contributed by atoms with E-state index in [1.807, 2.05) is 24.4 Å². The monoisotopic (exact) mass is 472 g/mol. The van der Waals surface area contributed by atoms with Crippen LogP contribution in [0.25, 0.3) is 10.8 Å². The number of carbonyl (C=O) groups is 3. The van der Waals surface area contributed by atoms with Gasteiger partial charge in [0.15, 0.2) is 5.82 Å². The van der Waals surface area contributed by atoms with Crippen molar-refractivity contribution < 1.29 is 14.4 Å². The molecule has 36 heavy (non-hydrogen) atoms. The predicted molar refractivity (Wildman–Crippen MR) is 137 cm³/mol. The fourth-order valence-corrected chi connectivity index (χ4v) is 4.52. The second-order valence-corrected chi connectivity index (χ2v) is 8.53. The number of fused-ring (bicyclic) bond motifs is 2. The first kappa shape index (κ1) is 21.5. The van der Waals surface area contributed by atoms with E-state index in [9.17, 15) is 14.4 Å². The van der Waals surface area contributed by atoms with Crippen LogP contribution < -0.4 is 10.2 Å². The van der Waals surface area contributed by atoms with Crippen LogP contribution in [0.5, 0.6) is 0 Å². The summed E-state index contributed by atoms with van der Waals surface area (Å²) in [7, 11) is 0. The molecule has 3 amide bonds. The number of benzene rings is 4. The normalized spacial score (nSPS) is 12.7. The molecule has 0 spiro atoms. The molecule has 1 aliphatic heterocycles. The van der Waals surface area contributed by atoms with Crippen molar-refractivity contribution in [2.75, 3.05) is 10.2 Å². The fraction of sp³-hybridized carbons (Fsp3) is 0.0345. The first-order chi connectivity index (χ1) is 17.6. The van der Waals surface area contributed by atoms with E-state index in [1.165, 1.54) is 6.07 Å². The Morgan fingerprint density at radius 1 is 0.778 bits per heavy atom. The Labute approximate surface area is 206 Å². The minimum absolute atomic E-state index is 0.313. The highest BCUT2D eigenvalue weighted by Crippen LogP contribution is 2.29. The molecule has 4 aromatic carbocycles. The lowest BCUT2D eigenvalue weighted by atomic mass is 10.0. The van der Waals surface area contributed by atoms with Gasteiger partial charge >= 0.3 is 0 Å². The standard InChI is InChI=1S/C29H20N4O3/c34-27(20-9-6-11-22(17-20)33-28(35)24-13-3-4-14-25(24)29(33)36)30-26-15-16-32(31-26)18-21-10-5-8-19-7-1-2-12-23(19)21/h1-17H,18H2,(H,30,31,34). The van der Waals surface area contributed by atoms with Crippen molar-refractivity contribution in [2.24, 2.45) is 0 Å². The number of hydrogen-bond acceptors (Lipinski definition) is 4. The number of anilines is 2. The van der Waals surface area contributed by atoms with Crippen molar-refractivity contribution in [3.63, 3.8) is 0 Å². The maximum atomic E-state index is 13.0. The van der Waals surface area contributed by atoms with Gasteiger partial charge in [0, 0.05) is 17.8 Å². The van der Waals surface area contributed by atoms with Crippen LogP contribution in [-0.2, 0) is 6.54 Å². The molecule has 0 atom stereocenters. The smallest absolute Gasteiger partial charge is 0.266 e. The van der Waals surface area contributed by atoms with Gasteiger partial charge in [-0.1, -0.05) is 60.7 Å². The van der Waals surface area contributed by atoms with Gasteiger partial charge in [-0.15, -0.1) is 0 Å². The molecule has 7 nitrogen and oxygen atoms in total. The Balaban J connectivity index is 1.20. The lowest BCUT2D eigenvalue weighted by Crippen LogP contribution is -2.29. The van der Waals surface area contributed by atoms with E-state index in [2.05, 4.69) is 34.7 Å². The van der Waals surface area contributed by atoms with Crippen molar-refractivity contribution in [1.29, 1.82) is 0 Å². The average Bonchev–Trinajstić information content (AvgIpc) is 3.45. The Bertz CT molecular complexity index is 1630. The SMILES string of the molecule is O=C(Nc1ccn(Cc2cccc3ccccc23)n1)c1cccc(N2C(=O)c3ccccc3C2=O)c1. The molecule has 1 N–H and O–H groups in total. The van der Waals surface area contributed by atoms with Crippen molar-refractivity contribution in [2.45, 2.75) is 6.54 Å². The van der Waals surface area contributed by atoms with Crippen molar-refractivity contribution in [3.05, 3.63) is 126 Å². The summed E-state index contributed by atoms with van der Waals surface area (Å²) in [6.45, 7) is 0.562. The van der Waals surface area contributed by atoms with E-state index in [4.69, 9.17) is 0 Å². The van der Waals surface area contributed by atoms with Crippen LogP contribution in [0.2, 0.25) is 0 Å². The Kier molecular flexibility index (Phi) is 5.15. The molecule has 174 valence electrons. The van der Waals surface area contributed by atoms with Gasteiger partial charge in [0.2, 0.25) is 0 Å². The van der Waals surface area contributed by atoms with Crippen molar-refractivity contribution in [3.8, 4) is 0 Å². The molecule has 7 heteroatoms. The summed E-state index contributed by atoms with van der Waals surface area (Å²) in [5.41, 5.74) is 2.49. The predicted octanol–water partition coefficient (Wildman–Crippen LogP) is 5.14. The van der Waals surface area contributed by atoms with Gasteiger partial charge in [0.1, 0.15) is 0 Å². The van der Waals surface area contributed by atoms with Crippen LogP contribution in [0, 0.1) is 0 Å². The van der Waals surface area contributed by atoms with Gasteiger partial charge in [0.05, 0.1) is 23.4 Å². The number of imide groups is 1. The summed E-state index contributed by atoms with van der Waals surface area (Å²) in [5, 5.41) is 9.61.